The number of benzene rings is 1. The zero-order valence-electron chi connectivity index (χ0n) is 11.4. The molecule has 0 radical (unpaired) electrons. The molecule has 0 saturated carbocycles. The molecule has 104 valence electrons. The smallest absolute Gasteiger partial charge is 0.237 e. The fourth-order valence-corrected chi connectivity index (χ4v) is 1.98. The molecule has 1 amide bonds. The Hall–Kier alpha value is -2.56. The van der Waals surface area contributed by atoms with Gasteiger partial charge in [0.15, 0.2) is 0 Å². The fourth-order valence-electron chi connectivity index (χ4n) is 1.98. The number of aromatic nitrogens is 1. The maximum Gasteiger partial charge on any atom is 0.237 e. The Kier molecular flexibility index (Phi) is 4.20. The molecule has 4 N–H and O–H groups in total. The third-order valence-electron chi connectivity index (χ3n) is 2.99. The average molecular weight is 270 g/mol. The summed E-state index contributed by atoms with van der Waals surface area (Å²) in [4.78, 5) is 17.4. The lowest BCUT2D eigenvalue weighted by atomic mass is 10.1. The lowest BCUT2D eigenvalue weighted by Gasteiger charge is -2.23. The normalized spacial score (nSPS) is 10.2. The molecule has 1 aromatic heterocycles. The van der Waals surface area contributed by atoms with Crippen molar-refractivity contribution in [1.29, 1.82) is 0 Å². The number of carbonyl (C=O) groups excluding carboxylic acids is 1. The molecule has 2 aromatic rings. The predicted molar refractivity (Wildman–Crippen MR) is 80.1 cm³/mol. The van der Waals surface area contributed by atoms with Gasteiger partial charge in [-0.2, -0.15) is 0 Å². The summed E-state index contributed by atoms with van der Waals surface area (Å²) in [7, 11) is 0. The molecular weight excluding hydrogens is 252 g/mol. The van der Waals surface area contributed by atoms with Gasteiger partial charge in [-0.25, -0.2) is 4.98 Å². The van der Waals surface area contributed by atoms with E-state index in [0.29, 0.717) is 18.1 Å². The third kappa shape index (κ3) is 3.47. The number of hydrogen-bond acceptors (Lipinski definition) is 4. The highest BCUT2D eigenvalue weighted by atomic mass is 16.1. The molecule has 0 fully saturated rings. The van der Waals surface area contributed by atoms with E-state index in [9.17, 15) is 4.79 Å². The lowest BCUT2D eigenvalue weighted by Crippen LogP contribution is -2.34. The SMILES string of the molecule is Cc1ccnc(N(CC(N)=O)Cc2ccccc2N)c1. The van der Waals surface area contributed by atoms with Crippen molar-refractivity contribution in [2.45, 2.75) is 13.5 Å². The first-order chi connectivity index (χ1) is 9.56. The Morgan fingerprint density at radius 1 is 1.30 bits per heavy atom. The summed E-state index contributed by atoms with van der Waals surface area (Å²) in [6.07, 6.45) is 1.72. The van der Waals surface area contributed by atoms with Gasteiger partial charge >= 0.3 is 0 Å². The third-order valence-corrected chi connectivity index (χ3v) is 2.99. The Bertz CT molecular complexity index is 612. The Morgan fingerprint density at radius 3 is 2.70 bits per heavy atom. The van der Waals surface area contributed by atoms with Crippen molar-refractivity contribution in [3.63, 3.8) is 0 Å². The van der Waals surface area contributed by atoms with Crippen molar-refractivity contribution in [3.8, 4) is 0 Å². The van der Waals surface area contributed by atoms with Crippen LogP contribution in [0.5, 0.6) is 0 Å². The second kappa shape index (κ2) is 6.06. The molecule has 2 rings (SSSR count). The van der Waals surface area contributed by atoms with E-state index in [1.807, 2.05) is 48.2 Å². The summed E-state index contributed by atoms with van der Waals surface area (Å²) in [5.74, 6) is 0.315. The first-order valence-electron chi connectivity index (χ1n) is 6.35. The summed E-state index contributed by atoms with van der Waals surface area (Å²) in [5, 5.41) is 0. The molecule has 0 spiro atoms. The van der Waals surface area contributed by atoms with Gasteiger partial charge in [-0.1, -0.05) is 18.2 Å². The van der Waals surface area contributed by atoms with Crippen LogP contribution in [-0.4, -0.2) is 17.4 Å². The number of nitrogens with two attached hydrogens (primary N) is 2. The number of aryl methyl sites for hydroxylation is 1. The monoisotopic (exact) mass is 270 g/mol. The fraction of sp³-hybridized carbons (Fsp3) is 0.200. The van der Waals surface area contributed by atoms with Crippen molar-refractivity contribution >= 4 is 17.4 Å². The first kappa shape index (κ1) is 13.9. The van der Waals surface area contributed by atoms with Gasteiger partial charge in [-0.15, -0.1) is 0 Å². The van der Waals surface area contributed by atoms with Crippen molar-refractivity contribution in [3.05, 3.63) is 53.7 Å². The van der Waals surface area contributed by atoms with Gasteiger partial charge in [0.05, 0.1) is 6.54 Å². The number of pyridine rings is 1. The molecule has 0 saturated heterocycles. The molecule has 0 atom stereocenters. The van der Waals surface area contributed by atoms with Crippen molar-refractivity contribution in [2.75, 3.05) is 17.2 Å². The molecule has 0 bridgehead atoms. The van der Waals surface area contributed by atoms with Crippen LogP contribution < -0.4 is 16.4 Å². The lowest BCUT2D eigenvalue weighted by molar-refractivity contribution is -0.116. The second-order valence-electron chi connectivity index (χ2n) is 4.71. The van der Waals surface area contributed by atoms with Crippen LogP contribution >= 0.6 is 0 Å². The van der Waals surface area contributed by atoms with Gasteiger partial charge in [0.25, 0.3) is 0 Å². The van der Waals surface area contributed by atoms with Crippen LogP contribution in [-0.2, 0) is 11.3 Å². The standard InChI is InChI=1S/C15H18N4O/c1-11-6-7-18-15(8-11)19(10-14(17)20)9-12-4-2-3-5-13(12)16/h2-8H,9-10,16H2,1H3,(H2,17,20). The molecular formula is C15H18N4O. The molecule has 0 aliphatic rings. The molecule has 0 aliphatic carbocycles. The van der Waals surface area contributed by atoms with E-state index in [2.05, 4.69) is 4.98 Å². The molecule has 20 heavy (non-hydrogen) atoms. The molecule has 1 heterocycles. The van der Waals surface area contributed by atoms with Gasteiger partial charge < -0.3 is 16.4 Å². The van der Waals surface area contributed by atoms with Gasteiger partial charge in [-0.3, -0.25) is 4.79 Å². The molecule has 1 aromatic carbocycles. The molecule has 0 aliphatic heterocycles. The zero-order chi connectivity index (χ0) is 14.5. The molecule has 0 unspecified atom stereocenters. The highest BCUT2D eigenvalue weighted by Crippen LogP contribution is 2.18. The van der Waals surface area contributed by atoms with E-state index in [4.69, 9.17) is 11.5 Å². The summed E-state index contributed by atoms with van der Waals surface area (Å²) >= 11 is 0. The maximum atomic E-state index is 11.3. The number of rotatable bonds is 5. The minimum absolute atomic E-state index is 0.102. The number of para-hydroxylation sites is 1. The Morgan fingerprint density at radius 2 is 2.05 bits per heavy atom. The van der Waals surface area contributed by atoms with E-state index >= 15 is 0 Å². The van der Waals surface area contributed by atoms with Gasteiger partial charge in [0.2, 0.25) is 5.91 Å². The number of nitrogens with zero attached hydrogens (tertiary/aromatic N) is 2. The van der Waals surface area contributed by atoms with Crippen LogP contribution in [0.15, 0.2) is 42.6 Å². The summed E-state index contributed by atoms with van der Waals surface area (Å²) in [6, 6.07) is 11.4. The van der Waals surface area contributed by atoms with E-state index in [-0.39, 0.29) is 6.54 Å². The number of amides is 1. The van der Waals surface area contributed by atoms with E-state index in [0.717, 1.165) is 11.1 Å². The number of carbonyl (C=O) groups is 1. The number of primary amides is 1. The molecule has 5 heteroatoms. The Labute approximate surface area is 118 Å². The van der Waals surface area contributed by atoms with Crippen LogP contribution in [0.2, 0.25) is 0 Å². The van der Waals surface area contributed by atoms with Crippen LogP contribution in [0.25, 0.3) is 0 Å². The van der Waals surface area contributed by atoms with E-state index in [1.165, 1.54) is 0 Å². The molecule has 5 nitrogen and oxygen atoms in total. The van der Waals surface area contributed by atoms with E-state index in [1.54, 1.807) is 6.20 Å². The Balaban J connectivity index is 2.29. The largest absolute Gasteiger partial charge is 0.398 e. The number of anilines is 2. The first-order valence-corrected chi connectivity index (χ1v) is 6.35. The van der Waals surface area contributed by atoms with Gasteiger partial charge in [0, 0.05) is 18.4 Å². The van der Waals surface area contributed by atoms with Crippen molar-refractivity contribution in [2.24, 2.45) is 5.73 Å². The zero-order valence-corrected chi connectivity index (χ0v) is 11.4. The van der Waals surface area contributed by atoms with Crippen LogP contribution in [0.3, 0.4) is 0 Å². The van der Waals surface area contributed by atoms with E-state index < -0.39 is 5.91 Å². The van der Waals surface area contributed by atoms with Crippen LogP contribution in [0.1, 0.15) is 11.1 Å². The highest BCUT2D eigenvalue weighted by Gasteiger charge is 2.13. The summed E-state index contributed by atoms with van der Waals surface area (Å²) in [5.41, 5.74) is 14.0. The van der Waals surface area contributed by atoms with Gasteiger partial charge in [0.1, 0.15) is 5.82 Å². The topological polar surface area (TPSA) is 85.2 Å². The van der Waals surface area contributed by atoms with Crippen LogP contribution in [0, 0.1) is 6.92 Å². The minimum atomic E-state index is -0.400. The van der Waals surface area contributed by atoms with Crippen LogP contribution in [0.4, 0.5) is 11.5 Å². The maximum absolute atomic E-state index is 11.3. The number of nitrogen functional groups attached to an aromatic ring is 1. The quantitative estimate of drug-likeness (QED) is 0.805. The highest BCUT2D eigenvalue weighted by molar-refractivity contribution is 5.79. The predicted octanol–water partition coefficient (Wildman–Crippen LogP) is 1.46. The summed E-state index contributed by atoms with van der Waals surface area (Å²) in [6.45, 7) is 2.57. The number of hydrogen-bond donors (Lipinski definition) is 2. The van der Waals surface area contributed by atoms with Crippen molar-refractivity contribution in [1.82, 2.24) is 4.98 Å². The van der Waals surface area contributed by atoms with Gasteiger partial charge in [-0.05, 0) is 36.2 Å². The average Bonchev–Trinajstić information content (AvgIpc) is 2.40. The minimum Gasteiger partial charge on any atom is -0.398 e. The second-order valence-corrected chi connectivity index (χ2v) is 4.71. The van der Waals surface area contributed by atoms with Crippen molar-refractivity contribution < 1.29 is 4.79 Å². The summed E-state index contributed by atoms with van der Waals surface area (Å²) < 4.78 is 0.